The van der Waals surface area contributed by atoms with Crippen LogP contribution in [0.5, 0.6) is 11.5 Å². The fourth-order valence-corrected chi connectivity index (χ4v) is 3.52. The number of piperazine rings is 1. The lowest BCUT2D eigenvalue weighted by Gasteiger charge is -2.36. The Bertz CT molecular complexity index is 932. The van der Waals surface area contributed by atoms with Crippen LogP contribution in [0.25, 0.3) is 0 Å². The molecule has 0 bridgehead atoms. The second-order valence-corrected chi connectivity index (χ2v) is 7.68. The van der Waals surface area contributed by atoms with Crippen LogP contribution in [0.3, 0.4) is 0 Å². The molecule has 0 aliphatic carbocycles. The van der Waals surface area contributed by atoms with Crippen molar-refractivity contribution in [2.24, 2.45) is 0 Å². The fourth-order valence-electron chi connectivity index (χ4n) is 3.52. The Morgan fingerprint density at radius 3 is 2.48 bits per heavy atom. The van der Waals surface area contributed by atoms with Gasteiger partial charge in [0.05, 0.1) is 6.42 Å². The smallest absolute Gasteiger partial charge is 0.308 e. The maximum absolute atomic E-state index is 13.0. The summed E-state index contributed by atoms with van der Waals surface area (Å²) < 4.78 is 16.5. The zero-order chi connectivity index (χ0) is 23.6. The second-order valence-electron chi connectivity index (χ2n) is 7.68. The minimum Gasteiger partial charge on any atom is -0.490 e. The molecule has 176 valence electrons. The molecule has 3 rings (SSSR count). The lowest BCUT2D eigenvalue weighted by molar-refractivity contribution is -0.154. The molecule has 1 saturated heterocycles. The Morgan fingerprint density at radius 2 is 1.79 bits per heavy atom. The molecular formula is C25H30N2O6. The first kappa shape index (κ1) is 24.1. The zero-order valence-electron chi connectivity index (χ0n) is 19.0. The predicted octanol–water partition coefficient (Wildman–Crippen LogP) is 2.36. The van der Waals surface area contributed by atoms with Crippen molar-refractivity contribution in [2.75, 3.05) is 26.3 Å². The molecule has 33 heavy (non-hydrogen) atoms. The molecule has 1 aliphatic rings. The maximum Gasteiger partial charge on any atom is 0.308 e. The average Bonchev–Trinajstić information content (AvgIpc) is 2.84. The molecule has 0 aromatic heterocycles. The maximum atomic E-state index is 13.0. The molecule has 2 amide bonds. The van der Waals surface area contributed by atoms with Gasteiger partial charge in [0.15, 0.2) is 6.10 Å². The Hall–Kier alpha value is -3.55. The molecule has 8 heteroatoms. The van der Waals surface area contributed by atoms with Gasteiger partial charge < -0.3 is 24.4 Å². The van der Waals surface area contributed by atoms with E-state index in [1.165, 1.54) is 10.5 Å². The Balaban J connectivity index is 1.52. The molecule has 1 heterocycles. The Kier molecular flexibility index (Phi) is 8.69. The number of esters is 1. The fraction of sp³-hybridized carbons (Fsp3) is 0.400. The molecule has 2 unspecified atom stereocenters. The van der Waals surface area contributed by atoms with Gasteiger partial charge in [-0.3, -0.25) is 14.4 Å². The molecule has 1 aliphatic heterocycles. The largest absolute Gasteiger partial charge is 0.490 e. The summed E-state index contributed by atoms with van der Waals surface area (Å²) in [6.45, 7) is 4.55. The molecule has 2 aromatic carbocycles. The van der Waals surface area contributed by atoms with Crippen molar-refractivity contribution in [3.8, 4) is 11.5 Å². The van der Waals surface area contributed by atoms with Crippen molar-refractivity contribution in [1.82, 2.24) is 10.2 Å². The average molecular weight is 455 g/mol. The third-order valence-corrected chi connectivity index (χ3v) is 5.32. The van der Waals surface area contributed by atoms with Gasteiger partial charge in [0.2, 0.25) is 5.91 Å². The number of nitrogens with one attached hydrogen (secondary N) is 1. The highest BCUT2D eigenvalue weighted by molar-refractivity contribution is 5.93. The van der Waals surface area contributed by atoms with Crippen molar-refractivity contribution < 1.29 is 28.6 Å². The first-order chi connectivity index (χ1) is 16.0. The summed E-state index contributed by atoms with van der Waals surface area (Å²) >= 11 is 0. The first-order valence-electron chi connectivity index (χ1n) is 11.1. The number of carbonyl (C=O) groups excluding carboxylic acids is 3. The molecule has 1 fully saturated rings. The van der Waals surface area contributed by atoms with E-state index in [1.807, 2.05) is 42.5 Å². The van der Waals surface area contributed by atoms with Gasteiger partial charge in [-0.05, 0) is 43.2 Å². The van der Waals surface area contributed by atoms with Gasteiger partial charge >= 0.3 is 5.97 Å². The minimum absolute atomic E-state index is 0.0449. The molecular weight excluding hydrogens is 424 g/mol. The summed E-state index contributed by atoms with van der Waals surface area (Å²) in [6.07, 6.45) is -0.129. The van der Waals surface area contributed by atoms with E-state index in [1.54, 1.807) is 19.1 Å². The third kappa shape index (κ3) is 6.97. The number of nitrogens with zero attached hydrogens (tertiary/aromatic N) is 1. The number of rotatable bonds is 10. The molecule has 0 radical (unpaired) electrons. The van der Waals surface area contributed by atoms with Crippen molar-refractivity contribution in [3.63, 3.8) is 0 Å². The topological polar surface area (TPSA) is 94.2 Å². The number of para-hydroxylation sites is 1. The van der Waals surface area contributed by atoms with Crippen LogP contribution in [0.4, 0.5) is 0 Å². The molecule has 0 saturated carbocycles. The van der Waals surface area contributed by atoms with Crippen LogP contribution in [0, 0.1) is 0 Å². The van der Waals surface area contributed by atoms with Crippen LogP contribution in [0.1, 0.15) is 25.8 Å². The van der Waals surface area contributed by atoms with Gasteiger partial charge in [-0.1, -0.05) is 37.3 Å². The minimum atomic E-state index is -0.942. The van der Waals surface area contributed by atoms with Gasteiger partial charge in [0.1, 0.15) is 30.8 Å². The first-order valence-corrected chi connectivity index (χ1v) is 11.1. The van der Waals surface area contributed by atoms with Gasteiger partial charge in [-0.2, -0.15) is 0 Å². The quantitative estimate of drug-likeness (QED) is 0.438. The van der Waals surface area contributed by atoms with E-state index in [9.17, 15) is 14.4 Å². The highest BCUT2D eigenvalue weighted by Crippen LogP contribution is 2.18. The van der Waals surface area contributed by atoms with E-state index in [0.717, 1.165) is 6.42 Å². The monoisotopic (exact) mass is 454 g/mol. The van der Waals surface area contributed by atoms with Crippen LogP contribution in [0.2, 0.25) is 0 Å². The van der Waals surface area contributed by atoms with Crippen molar-refractivity contribution in [2.45, 2.75) is 38.8 Å². The van der Waals surface area contributed by atoms with Crippen LogP contribution >= 0.6 is 0 Å². The molecule has 8 nitrogen and oxygen atoms in total. The lowest BCUT2D eigenvalue weighted by atomic mass is 10.1. The van der Waals surface area contributed by atoms with E-state index in [-0.39, 0.29) is 31.4 Å². The van der Waals surface area contributed by atoms with Crippen molar-refractivity contribution in [1.29, 1.82) is 0 Å². The van der Waals surface area contributed by atoms with Crippen molar-refractivity contribution >= 4 is 17.8 Å². The summed E-state index contributed by atoms with van der Waals surface area (Å²) in [7, 11) is 0. The van der Waals surface area contributed by atoms with Gasteiger partial charge in [-0.15, -0.1) is 0 Å². The molecule has 0 spiro atoms. The van der Waals surface area contributed by atoms with Gasteiger partial charge in [0, 0.05) is 13.1 Å². The highest BCUT2D eigenvalue weighted by atomic mass is 16.6. The number of hydrogen-bond acceptors (Lipinski definition) is 6. The lowest BCUT2D eigenvalue weighted by Crippen LogP contribution is -2.60. The zero-order valence-corrected chi connectivity index (χ0v) is 19.0. The van der Waals surface area contributed by atoms with Crippen LogP contribution in [0.15, 0.2) is 54.6 Å². The predicted molar refractivity (Wildman–Crippen MR) is 122 cm³/mol. The van der Waals surface area contributed by atoms with E-state index >= 15 is 0 Å². The number of ether oxygens (including phenoxy) is 3. The van der Waals surface area contributed by atoms with Crippen LogP contribution < -0.4 is 14.8 Å². The number of benzene rings is 2. The highest BCUT2D eigenvalue weighted by Gasteiger charge is 2.37. The van der Waals surface area contributed by atoms with E-state index in [0.29, 0.717) is 24.6 Å². The Morgan fingerprint density at radius 1 is 1.06 bits per heavy atom. The summed E-state index contributed by atoms with van der Waals surface area (Å²) in [5, 5.41) is 2.71. The number of hydrogen-bond donors (Lipinski definition) is 1. The van der Waals surface area contributed by atoms with Gasteiger partial charge in [-0.25, -0.2) is 0 Å². The Labute approximate surface area is 193 Å². The van der Waals surface area contributed by atoms with E-state index in [2.05, 4.69) is 12.2 Å². The van der Waals surface area contributed by atoms with E-state index in [4.69, 9.17) is 14.2 Å². The summed E-state index contributed by atoms with van der Waals surface area (Å²) in [5.74, 6) is -0.0596. The van der Waals surface area contributed by atoms with Gasteiger partial charge in [0.25, 0.3) is 5.91 Å². The molecule has 2 aromatic rings. The third-order valence-electron chi connectivity index (χ3n) is 5.32. The second kappa shape index (κ2) is 11.9. The SMILES string of the molecule is CCc1ccc(OC(C)C(=O)N2CCNC(=O)C2CC(=O)OCCOc2ccccc2)cc1. The number of amides is 2. The normalized spacial score (nSPS) is 16.5. The van der Waals surface area contributed by atoms with Crippen LogP contribution in [-0.4, -0.2) is 61.1 Å². The van der Waals surface area contributed by atoms with Crippen molar-refractivity contribution in [3.05, 3.63) is 60.2 Å². The summed E-state index contributed by atoms with van der Waals surface area (Å²) in [5.41, 5.74) is 1.17. The van der Waals surface area contributed by atoms with E-state index < -0.39 is 18.1 Å². The molecule has 1 N–H and O–H groups in total. The standard InChI is InChI=1S/C25H30N2O6/c1-3-19-9-11-21(12-10-19)33-18(2)25(30)27-14-13-26-24(29)22(27)17-23(28)32-16-15-31-20-7-5-4-6-8-20/h4-12,18,22H,3,13-17H2,1-2H3,(H,26,29). The molecule has 2 atom stereocenters. The number of carbonyl (C=O) groups is 3. The van der Waals surface area contributed by atoms with Crippen LogP contribution in [-0.2, 0) is 25.5 Å². The number of aryl methyl sites for hydroxylation is 1. The summed E-state index contributed by atoms with van der Waals surface area (Å²) in [6, 6.07) is 15.8. The summed E-state index contributed by atoms with van der Waals surface area (Å²) in [4.78, 5) is 39.2.